The molecule has 19 heteroatoms. The summed E-state index contributed by atoms with van der Waals surface area (Å²) in [7, 11) is -9.55. The lowest BCUT2D eigenvalue weighted by atomic mass is 10.1. The first-order valence-corrected chi connectivity index (χ1v) is 15.5. The fourth-order valence-electron chi connectivity index (χ4n) is 3.83. The molecule has 0 saturated carbocycles. The van der Waals surface area contributed by atoms with E-state index in [9.17, 15) is 24.2 Å². The Kier molecular flexibility index (Phi) is 8.76. The molecule has 6 atom stereocenters. The molecule has 1 aliphatic heterocycles. The molecule has 38 heavy (non-hydrogen) atoms. The van der Waals surface area contributed by atoms with Crippen molar-refractivity contribution in [3.63, 3.8) is 0 Å². The summed E-state index contributed by atoms with van der Waals surface area (Å²) in [4.78, 5) is 36.0. The Hall–Kier alpha value is -1.38. The maximum absolute atomic E-state index is 11.9. The summed E-state index contributed by atoms with van der Waals surface area (Å²) in [6.07, 6.45) is -4.33. The molecule has 1 saturated heterocycles. The molecule has 1 aliphatic rings. The quantitative estimate of drug-likeness (QED) is 0.188. The van der Waals surface area contributed by atoms with E-state index < -0.39 is 52.1 Å². The number of benzene rings is 1. The fourth-order valence-corrected chi connectivity index (χ4v) is 6.86. The largest absolute Gasteiger partial charge is 0.387 e. The standard InChI is InChI=1S/C19H22Cl3N5O9P2/c1-8(9-2-3-10(20)11(21)4-9)24-17-18-23-5-12(27(18)26-19(22)25-17)16-15(29)14(28)13(36-16)6-35-38(33,34)7-37(30,31)32/h2-5,8,13-16,28-29H,6-7H2,1H3,(H,33,34)(H,24,25,26)(H2,30,31,32)/t8-,13+,14+,15+,16-/m0/s1. The number of aliphatic hydroxyl groups is 2. The van der Waals surface area contributed by atoms with E-state index in [2.05, 4.69) is 20.4 Å². The number of aliphatic hydroxyl groups excluding tert-OH is 2. The van der Waals surface area contributed by atoms with Crippen LogP contribution in [0.25, 0.3) is 5.65 Å². The number of halogens is 3. The molecule has 1 fully saturated rings. The molecule has 6 N–H and O–H groups in total. The molecule has 3 heterocycles. The molecule has 0 aliphatic carbocycles. The highest BCUT2D eigenvalue weighted by Crippen LogP contribution is 2.55. The van der Waals surface area contributed by atoms with Crippen molar-refractivity contribution in [2.24, 2.45) is 0 Å². The number of hydrogen-bond donors (Lipinski definition) is 6. The van der Waals surface area contributed by atoms with Crippen molar-refractivity contribution in [2.45, 2.75) is 37.4 Å². The molecule has 208 valence electrons. The lowest BCUT2D eigenvalue weighted by Crippen LogP contribution is -2.33. The second-order valence-corrected chi connectivity index (χ2v) is 13.6. The summed E-state index contributed by atoms with van der Waals surface area (Å²) in [5.74, 6) is -1.17. The Balaban J connectivity index is 1.55. The highest BCUT2D eigenvalue weighted by atomic mass is 35.5. The lowest BCUT2D eigenvalue weighted by Gasteiger charge is -2.18. The van der Waals surface area contributed by atoms with E-state index in [-0.39, 0.29) is 28.5 Å². The van der Waals surface area contributed by atoms with Crippen molar-refractivity contribution < 1.29 is 43.3 Å². The van der Waals surface area contributed by atoms with Crippen molar-refractivity contribution in [3.05, 3.63) is 51.0 Å². The summed E-state index contributed by atoms with van der Waals surface area (Å²) in [5.41, 5.74) is 1.17. The van der Waals surface area contributed by atoms with Gasteiger partial charge in [0.25, 0.3) is 0 Å². The van der Waals surface area contributed by atoms with Crippen LogP contribution in [0.2, 0.25) is 15.3 Å². The summed E-state index contributed by atoms with van der Waals surface area (Å²) >= 11 is 18.2. The molecule has 1 unspecified atom stereocenters. The van der Waals surface area contributed by atoms with Crippen molar-refractivity contribution in [3.8, 4) is 0 Å². The van der Waals surface area contributed by atoms with Crippen LogP contribution in [0, 0.1) is 0 Å². The predicted octanol–water partition coefficient (Wildman–Crippen LogP) is 2.76. The molecule has 2 aromatic heterocycles. The molecular weight excluding hydrogens is 611 g/mol. The number of aromatic nitrogens is 4. The van der Waals surface area contributed by atoms with Gasteiger partial charge >= 0.3 is 15.2 Å². The molecule has 0 amide bonds. The highest BCUT2D eigenvalue weighted by molar-refractivity contribution is 7.70. The van der Waals surface area contributed by atoms with Gasteiger partial charge in [0.15, 0.2) is 17.4 Å². The zero-order chi connectivity index (χ0) is 28.0. The average Bonchev–Trinajstić information content (AvgIpc) is 3.33. The van der Waals surface area contributed by atoms with Crippen LogP contribution in [0.5, 0.6) is 0 Å². The van der Waals surface area contributed by atoms with E-state index >= 15 is 0 Å². The van der Waals surface area contributed by atoms with Crippen LogP contribution in [0.15, 0.2) is 24.4 Å². The SMILES string of the molecule is C[C@H](Nc1nc(Cl)nn2c([C@@H]3O[C@H](COP(=O)(O)CP(=O)(O)O)[C@@H](O)[C@H]3O)cnc12)c1ccc(Cl)c(Cl)c1. The van der Waals surface area contributed by atoms with E-state index in [1.165, 1.54) is 10.7 Å². The van der Waals surface area contributed by atoms with Crippen molar-refractivity contribution in [1.29, 1.82) is 0 Å². The maximum Gasteiger partial charge on any atom is 0.340 e. The second-order valence-electron chi connectivity index (χ2n) is 8.50. The fraction of sp³-hybridized carbons (Fsp3) is 0.421. The Bertz CT molecular complexity index is 1440. The van der Waals surface area contributed by atoms with Gasteiger partial charge in [-0.2, -0.15) is 4.98 Å². The molecule has 0 bridgehead atoms. The molecule has 0 radical (unpaired) electrons. The summed E-state index contributed by atoms with van der Waals surface area (Å²) in [6.45, 7) is 1.11. The zero-order valence-corrected chi connectivity index (χ0v) is 23.4. The van der Waals surface area contributed by atoms with E-state index in [4.69, 9.17) is 53.9 Å². The number of fused-ring (bicyclic) bond motifs is 1. The van der Waals surface area contributed by atoms with Gasteiger partial charge in [-0.1, -0.05) is 29.3 Å². The Morgan fingerprint density at radius 2 is 1.87 bits per heavy atom. The third kappa shape index (κ3) is 6.67. The first-order valence-electron chi connectivity index (χ1n) is 10.8. The third-order valence-electron chi connectivity index (χ3n) is 5.62. The minimum Gasteiger partial charge on any atom is -0.387 e. The smallest absolute Gasteiger partial charge is 0.340 e. The number of imidazole rings is 1. The Morgan fingerprint density at radius 3 is 2.53 bits per heavy atom. The van der Waals surface area contributed by atoms with E-state index in [0.29, 0.717) is 10.0 Å². The Labute approximate surface area is 230 Å². The second kappa shape index (κ2) is 11.2. The van der Waals surface area contributed by atoms with Crippen molar-refractivity contribution in [2.75, 3.05) is 17.8 Å². The lowest BCUT2D eigenvalue weighted by molar-refractivity contribution is -0.0204. The summed E-state index contributed by atoms with van der Waals surface area (Å²) in [5, 5.41) is 28.9. The van der Waals surface area contributed by atoms with Crippen LogP contribution >= 0.6 is 50.0 Å². The highest BCUT2D eigenvalue weighted by Gasteiger charge is 2.46. The average molecular weight is 633 g/mol. The topological polar surface area (TPSA) is 209 Å². The minimum absolute atomic E-state index is 0.172. The summed E-state index contributed by atoms with van der Waals surface area (Å²) in [6, 6.07) is 4.80. The number of anilines is 1. The number of nitrogens with zero attached hydrogens (tertiary/aromatic N) is 4. The van der Waals surface area contributed by atoms with Crippen LogP contribution in [0.3, 0.4) is 0 Å². The maximum atomic E-state index is 11.9. The third-order valence-corrected chi connectivity index (χ3v) is 9.97. The van der Waals surface area contributed by atoms with Gasteiger partial charge in [-0.05, 0) is 36.2 Å². The first-order chi connectivity index (χ1) is 17.6. The van der Waals surface area contributed by atoms with Gasteiger partial charge < -0.3 is 39.5 Å². The zero-order valence-electron chi connectivity index (χ0n) is 19.3. The van der Waals surface area contributed by atoms with Crippen LogP contribution in [-0.2, 0) is 18.4 Å². The van der Waals surface area contributed by atoms with Crippen LogP contribution < -0.4 is 5.32 Å². The van der Waals surface area contributed by atoms with Crippen molar-refractivity contribution in [1.82, 2.24) is 19.6 Å². The Morgan fingerprint density at radius 1 is 1.16 bits per heavy atom. The predicted molar refractivity (Wildman–Crippen MR) is 137 cm³/mol. The van der Waals surface area contributed by atoms with E-state index in [1.807, 2.05) is 6.92 Å². The van der Waals surface area contributed by atoms with Crippen LogP contribution in [0.1, 0.15) is 30.3 Å². The monoisotopic (exact) mass is 631 g/mol. The summed E-state index contributed by atoms with van der Waals surface area (Å²) < 4.78 is 34.6. The molecule has 0 spiro atoms. The molecular formula is C19H22Cl3N5O9P2. The van der Waals surface area contributed by atoms with E-state index in [1.54, 1.807) is 18.2 Å². The van der Waals surface area contributed by atoms with Gasteiger partial charge in [-0.25, -0.2) is 9.50 Å². The van der Waals surface area contributed by atoms with Gasteiger partial charge in [0.05, 0.1) is 34.6 Å². The molecule has 14 nitrogen and oxygen atoms in total. The van der Waals surface area contributed by atoms with Gasteiger partial charge in [0.1, 0.15) is 24.4 Å². The van der Waals surface area contributed by atoms with Gasteiger partial charge in [0.2, 0.25) is 5.28 Å². The molecule has 3 aromatic rings. The molecule has 1 aromatic carbocycles. The number of ether oxygens (including phenoxy) is 1. The minimum atomic E-state index is -4.85. The first kappa shape index (κ1) is 29.6. The number of nitrogens with one attached hydrogen (secondary N) is 1. The number of hydrogen-bond acceptors (Lipinski definition) is 10. The van der Waals surface area contributed by atoms with Crippen LogP contribution in [-0.4, -0.2) is 75.3 Å². The molecule has 4 rings (SSSR count). The number of rotatable bonds is 9. The van der Waals surface area contributed by atoms with Gasteiger partial charge in [-0.15, -0.1) is 5.10 Å². The van der Waals surface area contributed by atoms with Gasteiger partial charge in [0, 0.05) is 0 Å². The van der Waals surface area contributed by atoms with Gasteiger partial charge in [-0.3, -0.25) is 9.13 Å². The van der Waals surface area contributed by atoms with Crippen LogP contribution in [0.4, 0.5) is 5.82 Å². The van der Waals surface area contributed by atoms with E-state index in [0.717, 1.165) is 5.56 Å². The van der Waals surface area contributed by atoms with Crippen molar-refractivity contribution >= 4 is 61.5 Å². The normalized spacial score (nSPS) is 24.4.